The first-order valence-electron chi connectivity index (χ1n) is 16.8. The van der Waals surface area contributed by atoms with Gasteiger partial charge in [0.25, 0.3) is 11.8 Å². The number of nitrogens with zero attached hydrogens (tertiary/aromatic N) is 6. The molecule has 21 heteroatoms. The van der Waals surface area contributed by atoms with Crippen molar-refractivity contribution >= 4 is 34.8 Å². The van der Waals surface area contributed by atoms with Crippen molar-refractivity contribution in [1.82, 2.24) is 24.9 Å². The number of aromatic nitrogens is 4. The Morgan fingerprint density at radius 3 is 2.11 bits per heavy atom. The summed E-state index contributed by atoms with van der Waals surface area (Å²) >= 11 is 0. The molecule has 0 unspecified atom stereocenters. The van der Waals surface area contributed by atoms with Crippen LogP contribution in [0.15, 0.2) is 72.8 Å². The number of hydrogen-bond acceptors (Lipinski definition) is 8. The summed E-state index contributed by atoms with van der Waals surface area (Å²) in [4.78, 5) is 39.1. The zero-order valence-electron chi connectivity index (χ0n) is 29.6. The first-order chi connectivity index (χ1) is 26.7. The van der Waals surface area contributed by atoms with E-state index in [1.807, 2.05) is 0 Å². The van der Waals surface area contributed by atoms with E-state index in [0.29, 0.717) is 54.6 Å². The molecular weight excluding hydrogens is 808 g/mol. The molecule has 0 saturated carbocycles. The second kappa shape index (κ2) is 18.3. The molecule has 0 atom stereocenters. The minimum atomic E-state index is -3.08. The van der Waals surface area contributed by atoms with E-state index in [1.165, 1.54) is 59.0 Å². The fourth-order valence-electron chi connectivity index (χ4n) is 5.90. The van der Waals surface area contributed by atoms with Crippen LogP contribution in [-0.2, 0) is 49.5 Å². The largest absolute Gasteiger partial charge is 0.435 e. The Balaban J connectivity index is 0.000000216. The summed E-state index contributed by atoms with van der Waals surface area (Å²) in [6.45, 7) is -3.13. The Labute approximate surface area is 331 Å². The summed E-state index contributed by atoms with van der Waals surface area (Å²) in [5.74, 6) is -3.77. The van der Waals surface area contributed by atoms with Crippen LogP contribution in [0.3, 0.4) is 0 Å². The van der Waals surface area contributed by atoms with Crippen molar-refractivity contribution in [3.8, 4) is 11.5 Å². The van der Waals surface area contributed by atoms with Crippen LogP contribution < -0.4 is 29.9 Å². The molecule has 3 aromatic carbocycles. The van der Waals surface area contributed by atoms with Crippen molar-refractivity contribution in [3.05, 3.63) is 113 Å². The van der Waals surface area contributed by atoms with E-state index in [-0.39, 0.29) is 66.3 Å². The summed E-state index contributed by atoms with van der Waals surface area (Å²) in [6.07, 6.45) is 0. The second-order valence-corrected chi connectivity index (χ2v) is 12.2. The summed E-state index contributed by atoms with van der Waals surface area (Å²) in [5.41, 5.74) is 2.02. The van der Waals surface area contributed by atoms with Gasteiger partial charge in [-0.05, 0) is 54.6 Å². The average molecular weight is 840 g/mol. The Hall–Kier alpha value is -6.02. The fourth-order valence-corrected chi connectivity index (χ4v) is 5.90. The normalized spacial score (nSPS) is 13.2. The van der Waals surface area contributed by atoms with E-state index in [1.54, 1.807) is 16.8 Å². The van der Waals surface area contributed by atoms with Crippen LogP contribution in [0.2, 0.25) is 0 Å². The topological polar surface area (TPSA) is 136 Å². The van der Waals surface area contributed by atoms with Gasteiger partial charge in [0, 0.05) is 56.4 Å². The van der Waals surface area contributed by atoms with Crippen LogP contribution in [0, 0.1) is 17.5 Å². The van der Waals surface area contributed by atoms with Crippen molar-refractivity contribution < 1.29 is 73.1 Å². The number of benzene rings is 3. The summed E-state index contributed by atoms with van der Waals surface area (Å²) < 4.78 is 102. The van der Waals surface area contributed by atoms with E-state index in [9.17, 15) is 45.1 Å². The van der Waals surface area contributed by atoms with E-state index in [4.69, 9.17) is 0 Å². The third-order valence-corrected chi connectivity index (χ3v) is 8.38. The van der Waals surface area contributed by atoms with Gasteiger partial charge >= 0.3 is 13.2 Å². The number of amides is 3. The predicted octanol–water partition coefficient (Wildman–Crippen LogP) is 5.95. The molecule has 5 aromatic rings. The molecule has 0 spiro atoms. The number of rotatable bonds is 11. The van der Waals surface area contributed by atoms with Gasteiger partial charge in [0.15, 0.2) is 5.82 Å². The number of carbonyl (C=O) groups is 3. The molecule has 2 aromatic heterocycles. The van der Waals surface area contributed by atoms with E-state index < -0.39 is 36.6 Å². The Bertz CT molecular complexity index is 2260. The molecule has 13 nitrogen and oxygen atoms in total. The van der Waals surface area contributed by atoms with E-state index in [2.05, 4.69) is 30.3 Å². The summed E-state index contributed by atoms with van der Waals surface area (Å²) in [5, 5.41) is 14.1. The number of ether oxygens (including phenoxy) is 2. The van der Waals surface area contributed by atoms with Gasteiger partial charge in [0.1, 0.15) is 34.5 Å². The molecule has 2 aliphatic rings. The van der Waals surface area contributed by atoms with Crippen molar-refractivity contribution in [2.45, 2.75) is 46.3 Å². The van der Waals surface area contributed by atoms with Gasteiger partial charge in [-0.15, -0.1) is 0 Å². The number of hydrogen-bond donors (Lipinski definition) is 2. The second-order valence-electron chi connectivity index (χ2n) is 12.2. The third kappa shape index (κ3) is 10.2. The maximum absolute atomic E-state index is 14.3. The number of anilines is 3. The first-order valence-corrected chi connectivity index (χ1v) is 16.8. The van der Waals surface area contributed by atoms with Crippen LogP contribution >= 0.6 is 0 Å². The summed E-state index contributed by atoms with van der Waals surface area (Å²) in [6, 6.07) is 15.3. The van der Waals surface area contributed by atoms with Crippen LogP contribution in [0.4, 0.5) is 47.8 Å². The van der Waals surface area contributed by atoms with Gasteiger partial charge in [-0.3, -0.25) is 23.7 Å². The van der Waals surface area contributed by atoms with Crippen molar-refractivity contribution in [2.24, 2.45) is 0 Å². The van der Waals surface area contributed by atoms with Crippen LogP contribution in [0.5, 0.6) is 11.5 Å². The molecule has 4 heterocycles. The number of fused-ring (bicyclic) bond motifs is 2. The molecule has 2 N–H and O–H groups in total. The molecule has 0 aliphatic carbocycles. The Morgan fingerprint density at radius 2 is 1.47 bits per heavy atom. The van der Waals surface area contributed by atoms with Gasteiger partial charge in [-0.2, -0.15) is 27.8 Å². The molecule has 299 valence electrons. The summed E-state index contributed by atoms with van der Waals surface area (Å²) in [7, 11) is 0. The van der Waals surface area contributed by atoms with Gasteiger partial charge in [-0.1, -0.05) is 6.07 Å². The molecule has 2 aliphatic heterocycles. The molecule has 57 heavy (non-hydrogen) atoms. The molecule has 7 rings (SSSR count). The van der Waals surface area contributed by atoms with Gasteiger partial charge in [0.2, 0.25) is 5.91 Å². The SMILES string of the molecule is CC(=O)N(Cc1cc2n(n1)CCNC2=O)c1ccc(OC(F)F)cc1F.O=C1c2cc(CNc3ccc(OC(F)F)cc3F)nn2CCN1c1cccc(F)c1.[V]. The van der Waals surface area contributed by atoms with Crippen LogP contribution in [0.25, 0.3) is 0 Å². The maximum atomic E-state index is 14.3. The zero-order valence-corrected chi connectivity index (χ0v) is 31.0. The Morgan fingerprint density at radius 1 is 0.825 bits per heavy atom. The van der Waals surface area contributed by atoms with E-state index in [0.717, 1.165) is 23.1 Å². The Kier molecular flexibility index (Phi) is 13.5. The van der Waals surface area contributed by atoms with Crippen molar-refractivity contribution in [3.63, 3.8) is 0 Å². The van der Waals surface area contributed by atoms with Gasteiger partial charge < -0.3 is 29.9 Å². The van der Waals surface area contributed by atoms with Gasteiger partial charge in [-0.25, -0.2) is 13.2 Å². The third-order valence-electron chi connectivity index (χ3n) is 8.38. The molecule has 1 radical (unpaired) electrons. The predicted molar refractivity (Wildman–Crippen MR) is 185 cm³/mol. The minimum Gasteiger partial charge on any atom is -0.435 e. The molecule has 0 fully saturated rings. The van der Waals surface area contributed by atoms with Crippen molar-refractivity contribution in [2.75, 3.05) is 28.2 Å². The molecule has 3 amide bonds. The standard InChI is InChI=1S/C20H16F4N4O2.C16H15F3N4O3.V/c21-12-2-1-3-14(8-12)27-6-7-28-18(19(27)29)9-13(26-28)11-25-17-5-4-15(10-16(17)22)30-20(23)24;1-9(24)22(13-3-2-11(7-12(13)17)26-16(18)19)8-10-6-14-15(25)20-4-5-23(14)21-10;/h1-5,8-10,20,25H,6-7,11H2;2-3,6-7,16H,4-5,8H2,1H3,(H,20,25);. The average Bonchev–Trinajstić information content (AvgIpc) is 3.76. The first kappa shape index (κ1) is 42.1. The maximum Gasteiger partial charge on any atom is 0.387 e. The van der Waals surface area contributed by atoms with Gasteiger partial charge in [0.05, 0.1) is 48.9 Å². The number of alkyl halides is 4. The smallest absolute Gasteiger partial charge is 0.387 e. The molecule has 0 bridgehead atoms. The molecular formula is C36H31F7N8O5V. The monoisotopic (exact) mass is 839 g/mol. The van der Waals surface area contributed by atoms with E-state index >= 15 is 0 Å². The fraction of sp³-hybridized carbons (Fsp3) is 0.250. The van der Waals surface area contributed by atoms with Crippen LogP contribution in [-0.4, -0.2) is 63.6 Å². The van der Waals surface area contributed by atoms with Crippen LogP contribution in [0.1, 0.15) is 39.3 Å². The quantitative estimate of drug-likeness (QED) is 0.156. The van der Waals surface area contributed by atoms with Crippen molar-refractivity contribution in [1.29, 1.82) is 0 Å². The number of carbonyl (C=O) groups excluding carboxylic acids is 3. The minimum absolute atomic E-state index is 0. The number of nitrogens with one attached hydrogen (secondary N) is 2. The zero-order chi connectivity index (χ0) is 40.1. The number of halogens is 7. The molecule has 0 saturated heterocycles.